The number of rotatable bonds is 6. The summed E-state index contributed by atoms with van der Waals surface area (Å²) in [6.07, 6.45) is -0.429. The van der Waals surface area contributed by atoms with Crippen molar-refractivity contribution in [3.8, 4) is 11.5 Å². The van der Waals surface area contributed by atoms with Crippen LogP contribution in [-0.4, -0.2) is 42.2 Å². The van der Waals surface area contributed by atoms with Crippen LogP contribution >= 0.6 is 0 Å². The van der Waals surface area contributed by atoms with Crippen LogP contribution in [0.4, 0.5) is 0 Å². The molecule has 1 N–H and O–H groups in total. The highest BCUT2D eigenvalue weighted by atomic mass is 16.6. The van der Waals surface area contributed by atoms with Gasteiger partial charge in [-0.25, -0.2) is 4.79 Å². The number of carbonyl (C=O) groups is 2. The molecule has 30 heavy (non-hydrogen) atoms. The van der Waals surface area contributed by atoms with E-state index in [1.54, 1.807) is 50.3 Å². The first kappa shape index (κ1) is 21.4. The molecule has 7 heteroatoms. The van der Waals surface area contributed by atoms with Gasteiger partial charge in [0.1, 0.15) is 0 Å². The van der Waals surface area contributed by atoms with Gasteiger partial charge in [0.15, 0.2) is 23.8 Å². The highest BCUT2D eigenvalue weighted by molar-refractivity contribution is 5.94. The Morgan fingerprint density at radius 3 is 2.27 bits per heavy atom. The summed E-state index contributed by atoms with van der Waals surface area (Å²) in [5, 5.41) is 9.87. The van der Waals surface area contributed by atoms with E-state index in [9.17, 15) is 14.7 Å². The summed E-state index contributed by atoms with van der Waals surface area (Å²) in [5.74, 6) is -0.447. The zero-order chi connectivity index (χ0) is 21.8. The average molecular weight is 411 g/mol. The number of carboxylic acid groups (broad SMARTS) is 1. The topological polar surface area (TPSA) is 85.3 Å². The third kappa shape index (κ3) is 3.89. The summed E-state index contributed by atoms with van der Waals surface area (Å²) >= 11 is 0. The van der Waals surface area contributed by atoms with Gasteiger partial charge < -0.3 is 19.3 Å². The van der Waals surface area contributed by atoms with Gasteiger partial charge in [0.25, 0.3) is 5.91 Å². The van der Waals surface area contributed by atoms with Crippen LogP contribution in [0.15, 0.2) is 60.2 Å². The summed E-state index contributed by atoms with van der Waals surface area (Å²) < 4.78 is 16.6. The van der Waals surface area contributed by atoms with Gasteiger partial charge in [-0.2, -0.15) is 0 Å². The fourth-order valence-corrected chi connectivity index (χ4v) is 3.55. The van der Waals surface area contributed by atoms with Gasteiger partial charge in [-0.1, -0.05) is 42.5 Å². The van der Waals surface area contributed by atoms with Crippen LogP contribution in [0, 0.1) is 0 Å². The molecular formula is C23H25NO6. The molecule has 1 amide bonds. The van der Waals surface area contributed by atoms with Gasteiger partial charge in [-0.3, -0.25) is 9.69 Å². The van der Waals surface area contributed by atoms with E-state index in [-0.39, 0.29) is 5.91 Å². The Labute approximate surface area is 175 Å². The average Bonchev–Trinajstić information content (AvgIpc) is 3.19. The molecule has 1 heterocycles. The molecule has 158 valence electrons. The lowest BCUT2D eigenvalue weighted by molar-refractivity contribution is -0.151. The second-order valence-corrected chi connectivity index (χ2v) is 6.90. The zero-order valence-electron chi connectivity index (χ0n) is 17.4. The molecule has 3 atom stereocenters. The first-order valence-electron chi connectivity index (χ1n) is 9.53. The Balaban J connectivity index is 2.16. The lowest BCUT2D eigenvalue weighted by Gasteiger charge is -2.29. The van der Waals surface area contributed by atoms with Crippen LogP contribution in [0.1, 0.15) is 37.2 Å². The summed E-state index contributed by atoms with van der Waals surface area (Å²) in [6, 6.07) is 13.4. The Hall–Kier alpha value is -3.32. The molecular weight excluding hydrogens is 386 g/mol. The number of hydrogen-bond acceptors (Lipinski definition) is 5. The van der Waals surface area contributed by atoms with Crippen LogP contribution in [0.3, 0.4) is 0 Å². The lowest BCUT2D eigenvalue weighted by atomic mass is 9.99. The van der Waals surface area contributed by atoms with E-state index < -0.39 is 24.3 Å². The third-order valence-electron chi connectivity index (χ3n) is 5.20. The molecule has 3 rings (SSSR count). The molecule has 0 bridgehead atoms. The summed E-state index contributed by atoms with van der Waals surface area (Å²) in [6.45, 7) is 3.46. The van der Waals surface area contributed by atoms with Crippen molar-refractivity contribution in [2.75, 3.05) is 14.2 Å². The highest BCUT2D eigenvalue weighted by Crippen LogP contribution is 2.45. The molecule has 1 fully saturated rings. The monoisotopic (exact) mass is 411 g/mol. The Kier molecular flexibility index (Phi) is 6.42. The summed E-state index contributed by atoms with van der Waals surface area (Å²) in [5.41, 5.74) is 1.77. The Morgan fingerprint density at radius 2 is 1.70 bits per heavy atom. The quantitative estimate of drug-likeness (QED) is 0.729. The van der Waals surface area contributed by atoms with Gasteiger partial charge in [-0.15, -0.1) is 0 Å². The van der Waals surface area contributed by atoms with Gasteiger partial charge >= 0.3 is 5.97 Å². The fraction of sp³-hybridized carbons (Fsp3) is 0.304. The maximum absolute atomic E-state index is 13.3. The maximum Gasteiger partial charge on any atom is 0.335 e. The number of nitrogens with zero attached hydrogens (tertiary/aromatic N) is 1. The number of carbonyl (C=O) groups excluding carboxylic acids is 1. The van der Waals surface area contributed by atoms with Gasteiger partial charge in [-0.05, 0) is 31.5 Å². The molecule has 0 radical (unpaired) electrons. The molecule has 2 aromatic carbocycles. The van der Waals surface area contributed by atoms with Crippen molar-refractivity contribution in [1.29, 1.82) is 0 Å². The predicted octanol–water partition coefficient (Wildman–Crippen LogP) is 3.72. The van der Waals surface area contributed by atoms with Crippen LogP contribution < -0.4 is 9.47 Å². The van der Waals surface area contributed by atoms with E-state index in [0.717, 1.165) is 0 Å². The van der Waals surface area contributed by atoms with Crippen LogP contribution in [0.2, 0.25) is 0 Å². The minimum atomic E-state index is -1.22. The molecule has 0 aromatic heterocycles. The van der Waals surface area contributed by atoms with Crippen LogP contribution in [-0.2, 0) is 14.3 Å². The second-order valence-electron chi connectivity index (χ2n) is 6.90. The highest BCUT2D eigenvalue weighted by Gasteiger charge is 2.49. The largest absolute Gasteiger partial charge is 0.493 e. The van der Waals surface area contributed by atoms with E-state index in [1.165, 1.54) is 19.1 Å². The Bertz CT molecular complexity index is 955. The molecule has 7 nitrogen and oxygen atoms in total. The van der Waals surface area contributed by atoms with Crippen molar-refractivity contribution >= 4 is 11.9 Å². The van der Waals surface area contributed by atoms with E-state index in [0.29, 0.717) is 28.2 Å². The first-order chi connectivity index (χ1) is 14.4. The molecule has 1 unspecified atom stereocenters. The SMILES string of the molecule is CC=C(C)C(=O)N1C(c2ccc(OC)c(OC)c2)O[C@@H](C(=O)O)[C@@H]1c1ccccc1. The standard InChI is InChI=1S/C23H25NO6/c1-5-14(2)21(25)24-19(15-9-7-6-8-10-15)20(23(26)27)30-22(24)16-11-12-17(28-3)18(13-16)29-4/h5-13,19-20,22H,1-4H3,(H,26,27)/t19-,20+,22?/m0/s1. The molecule has 2 aromatic rings. The van der Waals surface area contributed by atoms with E-state index in [1.807, 2.05) is 18.2 Å². The van der Waals surface area contributed by atoms with Crippen LogP contribution in [0.25, 0.3) is 0 Å². The number of allylic oxidation sites excluding steroid dienone is 1. The van der Waals surface area contributed by atoms with Crippen LogP contribution in [0.5, 0.6) is 11.5 Å². The third-order valence-corrected chi connectivity index (χ3v) is 5.20. The van der Waals surface area contributed by atoms with Crippen molar-refractivity contribution in [1.82, 2.24) is 4.90 Å². The molecule has 1 saturated heterocycles. The number of carboxylic acids is 1. The van der Waals surface area contributed by atoms with Crippen molar-refractivity contribution < 1.29 is 28.9 Å². The number of aliphatic carboxylic acids is 1. The fourth-order valence-electron chi connectivity index (χ4n) is 3.55. The number of amides is 1. The van der Waals surface area contributed by atoms with Crippen molar-refractivity contribution in [3.05, 3.63) is 71.3 Å². The second kappa shape index (κ2) is 9.00. The normalized spacial score (nSPS) is 21.4. The predicted molar refractivity (Wildman–Crippen MR) is 110 cm³/mol. The number of benzene rings is 2. The lowest BCUT2D eigenvalue weighted by Crippen LogP contribution is -2.37. The van der Waals surface area contributed by atoms with Gasteiger partial charge in [0.2, 0.25) is 0 Å². The minimum absolute atomic E-state index is 0.296. The van der Waals surface area contributed by atoms with Gasteiger partial charge in [0.05, 0.1) is 20.3 Å². The number of ether oxygens (including phenoxy) is 3. The minimum Gasteiger partial charge on any atom is -0.493 e. The molecule has 1 aliphatic rings. The van der Waals surface area contributed by atoms with E-state index >= 15 is 0 Å². The molecule has 1 aliphatic heterocycles. The smallest absolute Gasteiger partial charge is 0.335 e. The number of hydrogen-bond donors (Lipinski definition) is 1. The molecule has 0 spiro atoms. The van der Waals surface area contributed by atoms with Gasteiger partial charge in [0, 0.05) is 11.1 Å². The molecule has 0 aliphatic carbocycles. The Morgan fingerprint density at radius 1 is 1.03 bits per heavy atom. The maximum atomic E-state index is 13.3. The number of methoxy groups -OCH3 is 2. The first-order valence-corrected chi connectivity index (χ1v) is 9.53. The van der Waals surface area contributed by atoms with Crippen molar-refractivity contribution in [2.45, 2.75) is 32.2 Å². The van der Waals surface area contributed by atoms with E-state index in [4.69, 9.17) is 14.2 Å². The zero-order valence-corrected chi connectivity index (χ0v) is 17.4. The van der Waals surface area contributed by atoms with E-state index in [2.05, 4.69) is 0 Å². The van der Waals surface area contributed by atoms with Crippen molar-refractivity contribution in [2.24, 2.45) is 0 Å². The summed E-state index contributed by atoms with van der Waals surface area (Å²) in [4.78, 5) is 26.9. The van der Waals surface area contributed by atoms with Crippen molar-refractivity contribution in [3.63, 3.8) is 0 Å². The molecule has 0 saturated carbocycles. The summed E-state index contributed by atoms with van der Waals surface area (Å²) in [7, 11) is 3.04.